The molecular formula is C7H18N2O3S. The van der Waals surface area contributed by atoms with Crippen LogP contribution in [0.1, 0.15) is 19.3 Å². The average Bonchev–Trinajstić information content (AvgIpc) is 2.01. The van der Waals surface area contributed by atoms with Crippen LogP contribution in [0.3, 0.4) is 0 Å². The molecule has 0 atom stereocenters. The molecule has 13 heavy (non-hydrogen) atoms. The predicted molar refractivity (Wildman–Crippen MR) is 51.8 cm³/mol. The third kappa shape index (κ3) is 11.8. The van der Waals surface area contributed by atoms with Crippen molar-refractivity contribution in [3.05, 3.63) is 0 Å². The fourth-order valence-corrected chi connectivity index (χ4v) is 1.31. The van der Waals surface area contributed by atoms with Gasteiger partial charge in [0, 0.05) is 13.2 Å². The van der Waals surface area contributed by atoms with Crippen molar-refractivity contribution in [1.82, 2.24) is 5.32 Å². The first-order chi connectivity index (χ1) is 6.06. The van der Waals surface area contributed by atoms with Crippen LogP contribution in [0.2, 0.25) is 0 Å². The van der Waals surface area contributed by atoms with E-state index in [1.807, 2.05) is 0 Å². The number of primary sulfonamides is 1. The SMILES string of the molecule is NS(=O)(=O)CCNCCCCCO. The Hall–Kier alpha value is -0.170. The van der Waals surface area contributed by atoms with Crippen molar-refractivity contribution in [2.75, 3.05) is 25.4 Å². The Morgan fingerprint density at radius 2 is 1.85 bits per heavy atom. The van der Waals surface area contributed by atoms with Crippen LogP contribution in [0.5, 0.6) is 0 Å². The second-order valence-corrected chi connectivity index (χ2v) is 4.64. The number of rotatable bonds is 8. The van der Waals surface area contributed by atoms with E-state index in [1.165, 1.54) is 0 Å². The van der Waals surface area contributed by atoms with Crippen LogP contribution in [-0.2, 0) is 10.0 Å². The zero-order valence-corrected chi connectivity index (χ0v) is 8.52. The molecule has 4 N–H and O–H groups in total. The van der Waals surface area contributed by atoms with Crippen molar-refractivity contribution in [2.24, 2.45) is 5.14 Å². The van der Waals surface area contributed by atoms with Gasteiger partial charge < -0.3 is 10.4 Å². The summed E-state index contributed by atoms with van der Waals surface area (Å²) in [6, 6.07) is 0. The van der Waals surface area contributed by atoms with Gasteiger partial charge in [-0.25, -0.2) is 13.6 Å². The Labute approximate surface area is 79.4 Å². The number of nitrogens with one attached hydrogen (secondary N) is 1. The lowest BCUT2D eigenvalue weighted by Gasteiger charge is -2.02. The maximum absolute atomic E-state index is 10.5. The van der Waals surface area contributed by atoms with E-state index in [0.717, 1.165) is 25.8 Å². The largest absolute Gasteiger partial charge is 0.396 e. The number of nitrogens with two attached hydrogens (primary N) is 1. The molecule has 0 amide bonds. The number of hydrogen-bond acceptors (Lipinski definition) is 4. The third-order valence-corrected chi connectivity index (χ3v) is 2.35. The van der Waals surface area contributed by atoms with Crippen molar-refractivity contribution in [1.29, 1.82) is 0 Å². The molecule has 5 nitrogen and oxygen atoms in total. The molecule has 0 saturated carbocycles. The van der Waals surface area contributed by atoms with Crippen LogP contribution in [0.4, 0.5) is 0 Å². The van der Waals surface area contributed by atoms with E-state index in [1.54, 1.807) is 0 Å². The first kappa shape index (κ1) is 12.8. The van der Waals surface area contributed by atoms with Crippen LogP contribution in [-0.4, -0.2) is 39.0 Å². The molecule has 0 rings (SSSR count). The molecule has 0 unspecified atom stereocenters. The molecule has 0 saturated heterocycles. The normalized spacial score (nSPS) is 11.8. The van der Waals surface area contributed by atoms with E-state index in [-0.39, 0.29) is 12.4 Å². The molecule has 0 aromatic heterocycles. The lowest BCUT2D eigenvalue weighted by molar-refractivity contribution is 0.283. The summed E-state index contributed by atoms with van der Waals surface area (Å²) in [6.07, 6.45) is 2.71. The van der Waals surface area contributed by atoms with Gasteiger partial charge in [-0.05, 0) is 25.8 Å². The fourth-order valence-electron chi connectivity index (χ4n) is 0.878. The molecule has 80 valence electrons. The smallest absolute Gasteiger partial charge is 0.210 e. The van der Waals surface area contributed by atoms with E-state index in [4.69, 9.17) is 10.2 Å². The van der Waals surface area contributed by atoms with Gasteiger partial charge >= 0.3 is 0 Å². The van der Waals surface area contributed by atoms with Crippen molar-refractivity contribution in [3.8, 4) is 0 Å². The summed E-state index contributed by atoms with van der Waals surface area (Å²) in [7, 11) is -3.32. The highest BCUT2D eigenvalue weighted by Gasteiger charge is 2.00. The summed E-state index contributed by atoms with van der Waals surface area (Å²) in [5, 5.41) is 16.2. The number of aliphatic hydroxyl groups is 1. The predicted octanol–water partition coefficient (Wildman–Crippen LogP) is -0.973. The van der Waals surface area contributed by atoms with Gasteiger partial charge in [0.2, 0.25) is 10.0 Å². The highest BCUT2D eigenvalue weighted by Crippen LogP contribution is 1.91. The van der Waals surface area contributed by atoms with E-state index in [2.05, 4.69) is 5.32 Å². The summed E-state index contributed by atoms with van der Waals surface area (Å²) in [5.74, 6) is -0.0208. The Balaban J connectivity index is 3.09. The van der Waals surface area contributed by atoms with Gasteiger partial charge in [0.25, 0.3) is 0 Å². The quantitative estimate of drug-likeness (QED) is 0.449. The Bertz CT molecular complexity index is 204. The van der Waals surface area contributed by atoms with E-state index in [9.17, 15) is 8.42 Å². The van der Waals surface area contributed by atoms with Gasteiger partial charge in [0.1, 0.15) is 0 Å². The maximum Gasteiger partial charge on any atom is 0.210 e. The van der Waals surface area contributed by atoms with Crippen LogP contribution < -0.4 is 10.5 Å². The second kappa shape index (κ2) is 7.25. The van der Waals surface area contributed by atoms with Crippen molar-refractivity contribution in [3.63, 3.8) is 0 Å². The van der Waals surface area contributed by atoms with Gasteiger partial charge in [-0.1, -0.05) is 0 Å². The fraction of sp³-hybridized carbons (Fsp3) is 1.00. The van der Waals surface area contributed by atoms with E-state index in [0.29, 0.717) is 6.54 Å². The molecular weight excluding hydrogens is 192 g/mol. The monoisotopic (exact) mass is 210 g/mol. The first-order valence-electron chi connectivity index (χ1n) is 4.38. The minimum atomic E-state index is -3.32. The zero-order chi connectivity index (χ0) is 10.2. The second-order valence-electron chi connectivity index (χ2n) is 2.90. The van der Waals surface area contributed by atoms with E-state index >= 15 is 0 Å². The molecule has 0 heterocycles. The molecule has 0 bridgehead atoms. The lowest BCUT2D eigenvalue weighted by atomic mass is 10.2. The molecule has 0 spiro atoms. The molecule has 0 aliphatic heterocycles. The molecule has 0 aliphatic carbocycles. The minimum Gasteiger partial charge on any atom is -0.396 e. The van der Waals surface area contributed by atoms with Gasteiger partial charge in [-0.15, -0.1) is 0 Å². The number of hydrogen-bond donors (Lipinski definition) is 3. The minimum absolute atomic E-state index is 0.0208. The molecule has 0 fully saturated rings. The average molecular weight is 210 g/mol. The topological polar surface area (TPSA) is 92.4 Å². The van der Waals surface area contributed by atoms with Crippen LogP contribution in [0.15, 0.2) is 0 Å². The van der Waals surface area contributed by atoms with Crippen LogP contribution >= 0.6 is 0 Å². The first-order valence-corrected chi connectivity index (χ1v) is 6.10. The van der Waals surface area contributed by atoms with Gasteiger partial charge in [0.05, 0.1) is 5.75 Å². The van der Waals surface area contributed by atoms with Crippen molar-refractivity contribution in [2.45, 2.75) is 19.3 Å². The van der Waals surface area contributed by atoms with Gasteiger partial charge in [0.15, 0.2) is 0 Å². The summed E-state index contributed by atoms with van der Waals surface area (Å²) in [4.78, 5) is 0. The van der Waals surface area contributed by atoms with Crippen LogP contribution in [0, 0.1) is 0 Å². The number of aliphatic hydroxyl groups excluding tert-OH is 1. The Morgan fingerprint density at radius 1 is 1.15 bits per heavy atom. The van der Waals surface area contributed by atoms with Gasteiger partial charge in [-0.3, -0.25) is 0 Å². The highest BCUT2D eigenvalue weighted by molar-refractivity contribution is 7.89. The molecule has 0 aromatic rings. The summed E-state index contributed by atoms with van der Waals surface area (Å²) >= 11 is 0. The number of unbranched alkanes of at least 4 members (excludes halogenated alkanes) is 2. The molecule has 0 aliphatic rings. The summed E-state index contributed by atoms with van der Waals surface area (Å²) in [6.45, 7) is 1.39. The maximum atomic E-state index is 10.5. The summed E-state index contributed by atoms with van der Waals surface area (Å²) in [5.41, 5.74) is 0. The molecule has 0 aromatic carbocycles. The third-order valence-electron chi connectivity index (χ3n) is 1.58. The van der Waals surface area contributed by atoms with Crippen LogP contribution in [0.25, 0.3) is 0 Å². The highest BCUT2D eigenvalue weighted by atomic mass is 32.2. The van der Waals surface area contributed by atoms with Crippen molar-refractivity contribution >= 4 is 10.0 Å². The zero-order valence-electron chi connectivity index (χ0n) is 7.70. The standard InChI is InChI=1S/C7H18N2O3S/c8-13(11,12)7-5-9-4-2-1-3-6-10/h9-10H,1-7H2,(H2,8,11,12). The number of sulfonamides is 1. The van der Waals surface area contributed by atoms with E-state index < -0.39 is 10.0 Å². The molecule has 6 heteroatoms. The summed E-state index contributed by atoms with van der Waals surface area (Å²) < 4.78 is 20.9. The lowest BCUT2D eigenvalue weighted by Crippen LogP contribution is -2.27. The Kier molecular flexibility index (Phi) is 7.16. The Morgan fingerprint density at radius 3 is 2.38 bits per heavy atom. The van der Waals surface area contributed by atoms with Gasteiger partial charge in [-0.2, -0.15) is 0 Å². The molecule has 0 radical (unpaired) electrons. The van der Waals surface area contributed by atoms with Crippen molar-refractivity contribution < 1.29 is 13.5 Å².